The highest BCUT2D eigenvalue weighted by molar-refractivity contribution is 7.87. The number of aryl methyl sites for hydroxylation is 1. The monoisotopic (exact) mass is 756 g/mol. The summed E-state index contributed by atoms with van der Waals surface area (Å²) < 4.78 is 36.6. The van der Waals surface area contributed by atoms with Crippen molar-refractivity contribution in [2.75, 3.05) is 51.3 Å². The molecule has 1 spiro atoms. The maximum Gasteiger partial charge on any atom is 0.303 e. The first-order valence-corrected chi connectivity index (χ1v) is 20.2. The number of carbonyl (C=O) groups excluding carboxylic acids is 2. The molecular formula is C38H49ClN4O8S. The van der Waals surface area contributed by atoms with Crippen molar-refractivity contribution in [1.29, 1.82) is 0 Å². The number of amides is 2. The molecule has 5 atom stereocenters. The van der Waals surface area contributed by atoms with Crippen LogP contribution in [-0.4, -0.2) is 103 Å². The number of hydrogen-bond donors (Lipinski definition) is 4. The molecule has 2 aromatic rings. The number of hydrogen-bond acceptors (Lipinski definition) is 9. The van der Waals surface area contributed by atoms with E-state index in [9.17, 15) is 33.3 Å². The first-order valence-electron chi connectivity index (χ1n) is 18.4. The number of ether oxygens (including phenoxy) is 1. The molecule has 2 aliphatic carbocycles. The van der Waals surface area contributed by atoms with Gasteiger partial charge in [-0.25, -0.2) is 4.72 Å². The molecule has 0 aromatic heterocycles. The molecule has 5 aliphatic rings. The molecule has 7 rings (SSSR count). The lowest BCUT2D eigenvalue weighted by Crippen LogP contribution is -2.54. The van der Waals surface area contributed by atoms with Gasteiger partial charge in [-0.05, 0) is 104 Å². The van der Waals surface area contributed by atoms with Gasteiger partial charge >= 0.3 is 10.2 Å². The van der Waals surface area contributed by atoms with Gasteiger partial charge < -0.3 is 29.9 Å². The van der Waals surface area contributed by atoms with Gasteiger partial charge in [-0.15, -0.1) is 0 Å². The van der Waals surface area contributed by atoms with E-state index in [0.29, 0.717) is 42.6 Å². The van der Waals surface area contributed by atoms with E-state index in [1.807, 2.05) is 18.2 Å². The molecular weight excluding hydrogens is 708 g/mol. The van der Waals surface area contributed by atoms with Gasteiger partial charge in [-0.2, -0.15) is 12.7 Å². The fraction of sp³-hybridized carbons (Fsp3) is 0.579. The van der Waals surface area contributed by atoms with Crippen LogP contribution in [0.3, 0.4) is 0 Å². The van der Waals surface area contributed by atoms with Crippen LogP contribution in [0.2, 0.25) is 5.02 Å². The van der Waals surface area contributed by atoms with E-state index in [2.05, 4.69) is 15.7 Å². The van der Waals surface area contributed by atoms with Gasteiger partial charge in [0.25, 0.3) is 5.91 Å². The molecule has 1 saturated heterocycles. The predicted molar refractivity (Wildman–Crippen MR) is 196 cm³/mol. The molecule has 0 radical (unpaired) electrons. The van der Waals surface area contributed by atoms with E-state index < -0.39 is 51.7 Å². The Morgan fingerprint density at radius 1 is 1.06 bits per heavy atom. The summed E-state index contributed by atoms with van der Waals surface area (Å²) in [5.74, 6) is -1.05. The van der Waals surface area contributed by atoms with Crippen LogP contribution in [0.25, 0.3) is 0 Å². The number of carbonyl (C=O) groups is 2. The van der Waals surface area contributed by atoms with Crippen LogP contribution in [0.4, 0.5) is 5.69 Å². The zero-order valence-corrected chi connectivity index (χ0v) is 31.1. The predicted octanol–water partition coefficient (Wildman–Crippen LogP) is 3.01. The minimum atomic E-state index is -4.41. The normalized spacial score (nSPS) is 31.1. The summed E-state index contributed by atoms with van der Waals surface area (Å²) >= 11 is 6.44. The molecule has 3 aliphatic heterocycles. The van der Waals surface area contributed by atoms with E-state index in [0.717, 1.165) is 36.4 Å². The topological polar surface area (TPSA) is 160 Å². The summed E-state index contributed by atoms with van der Waals surface area (Å²) in [6, 6.07) is 10.9. The van der Waals surface area contributed by atoms with Crippen LogP contribution < -0.4 is 14.4 Å². The number of nitrogens with one attached hydrogen (secondary N) is 1. The number of rotatable bonds is 3. The van der Waals surface area contributed by atoms with Gasteiger partial charge in [0, 0.05) is 50.2 Å². The Labute approximate surface area is 310 Å². The van der Waals surface area contributed by atoms with Crippen LogP contribution in [0, 0.1) is 11.8 Å². The number of piperidine rings is 1. The Morgan fingerprint density at radius 3 is 2.60 bits per heavy atom. The van der Waals surface area contributed by atoms with Gasteiger partial charge in [0.05, 0.1) is 30.9 Å². The highest BCUT2D eigenvalue weighted by Gasteiger charge is 2.47. The third-order valence-corrected chi connectivity index (χ3v) is 13.8. The van der Waals surface area contributed by atoms with Crippen molar-refractivity contribution in [1.82, 2.24) is 13.9 Å². The Bertz CT molecular complexity index is 1830. The van der Waals surface area contributed by atoms with Crippen LogP contribution in [0.15, 0.2) is 48.6 Å². The summed E-state index contributed by atoms with van der Waals surface area (Å²) in [5, 5.41) is 34.2. The Hall–Kier alpha value is -3.20. The number of aliphatic hydroxyl groups is 3. The lowest BCUT2D eigenvalue weighted by molar-refractivity contribution is -0.148. The van der Waals surface area contributed by atoms with Gasteiger partial charge in [0.2, 0.25) is 5.91 Å². The number of aliphatic hydroxyl groups excluding tert-OH is 2. The van der Waals surface area contributed by atoms with Gasteiger partial charge in [0.15, 0.2) is 5.60 Å². The number of benzene rings is 2. The Kier molecular flexibility index (Phi) is 10.4. The number of fused-ring (bicyclic) bond motifs is 4. The first kappa shape index (κ1) is 37.1. The zero-order chi connectivity index (χ0) is 36.8. The van der Waals surface area contributed by atoms with Gasteiger partial charge in [-0.1, -0.05) is 35.9 Å². The van der Waals surface area contributed by atoms with Gasteiger partial charge in [0.1, 0.15) is 5.75 Å². The van der Waals surface area contributed by atoms with Crippen LogP contribution in [0.1, 0.15) is 68.1 Å². The van der Waals surface area contributed by atoms with E-state index in [1.54, 1.807) is 25.3 Å². The van der Waals surface area contributed by atoms with Gasteiger partial charge in [-0.3, -0.25) is 9.59 Å². The first-order chi connectivity index (χ1) is 24.8. The SMILES string of the molecule is CN1CC/C=C/[C@H](O)[C@@H]2CC[C@H]2CN2C[C@@]3(CCCc4cc(Cl)ccc43)COc3ccc(cc32)[C@@](O)(C(=O)NS(=O)(=O)N2CCC(O)CC2)CC1=O. The smallest absolute Gasteiger partial charge is 0.303 e. The van der Waals surface area contributed by atoms with E-state index in [4.69, 9.17) is 16.3 Å². The summed E-state index contributed by atoms with van der Waals surface area (Å²) in [6.45, 7) is 1.83. The summed E-state index contributed by atoms with van der Waals surface area (Å²) in [7, 11) is -2.84. The molecule has 3 heterocycles. The molecule has 2 bridgehead atoms. The lowest BCUT2D eigenvalue weighted by Gasteiger charge is -2.45. The standard InChI is InChI=1S/C38H49ClN4O8S/c1-41-16-3-2-6-33(45)30-10-7-26(30)22-42-23-37(15-4-5-25-19-28(39)9-11-31(25)37)24-51-34-12-8-27(20-32(34)42)38(48,21-35(41)46)36(47)40-52(49,50)43-17-13-29(44)14-18-43/h2,6,8-9,11-12,19-20,26,29-30,33,44-45,48H,3-5,7,10,13-18,21-24H2,1H3,(H,40,47)/b6-2+/t26-,30+,33-,37-,38+/m0/s1. The van der Waals surface area contributed by atoms with E-state index in [-0.39, 0.29) is 49.9 Å². The second-order valence-electron chi connectivity index (χ2n) is 15.4. The fourth-order valence-electron chi connectivity index (χ4n) is 8.71. The summed E-state index contributed by atoms with van der Waals surface area (Å²) in [5.41, 5.74) is 0.0954. The zero-order valence-electron chi connectivity index (χ0n) is 29.5. The molecule has 1 saturated carbocycles. The second-order valence-corrected chi connectivity index (χ2v) is 17.5. The lowest BCUT2D eigenvalue weighted by atomic mass is 9.68. The third-order valence-electron chi connectivity index (χ3n) is 12.0. The molecule has 52 heavy (non-hydrogen) atoms. The molecule has 0 unspecified atom stereocenters. The molecule has 14 heteroatoms. The fourth-order valence-corrected chi connectivity index (χ4v) is 10.1. The summed E-state index contributed by atoms with van der Waals surface area (Å²) in [6.07, 6.45) is 7.10. The number of nitrogens with zero attached hydrogens (tertiary/aromatic N) is 3. The molecule has 2 amide bonds. The molecule has 2 aromatic carbocycles. The molecule has 12 nitrogen and oxygen atoms in total. The minimum Gasteiger partial charge on any atom is -0.490 e. The highest BCUT2D eigenvalue weighted by atomic mass is 35.5. The number of anilines is 1. The van der Waals surface area contributed by atoms with Crippen molar-refractivity contribution in [2.45, 2.75) is 81.0 Å². The van der Waals surface area contributed by atoms with Crippen LogP contribution in [0.5, 0.6) is 5.75 Å². The number of halogens is 1. The summed E-state index contributed by atoms with van der Waals surface area (Å²) in [4.78, 5) is 31.4. The van der Waals surface area contributed by atoms with Crippen molar-refractivity contribution in [2.24, 2.45) is 11.8 Å². The second kappa shape index (κ2) is 14.6. The van der Waals surface area contributed by atoms with Crippen molar-refractivity contribution < 1.29 is 38.1 Å². The Balaban J connectivity index is 1.31. The molecule has 4 N–H and O–H groups in total. The third kappa shape index (κ3) is 7.20. The average molecular weight is 757 g/mol. The largest absolute Gasteiger partial charge is 0.490 e. The van der Waals surface area contributed by atoms with Crippen molar-refractivity contribution >= 4 is 39.3 Å². The highest BCUT2D eigenvalue weighted by Crippen LogP contribution is 2.47. The van der Waals surface area contributed by atoms with Crippen LogP contribution >= 0.6 is 11.6 Å². The van der Waals surface area contributed by atoms with Crippen molar-refractivity contribution in [3.05, 3.63) is 70.3 Å². The Morgan fingerprint density at radius 2 is 1.85 bits per heavy atom. The van der Waals surface area contributed by atoms with Crippen LogP contribution in [-0.2, 0) is 37.2 Å². The van der Waals surface area contributed by atoms with Crippen molar-refractivity contribution in [3.63, 3.8) is 0 Å². The quantitative estimate of drug-likeness (QED) is 0.346. The van der Waals surface area contributed by atoms with Crippen molar-refractivity contribution in [3.8, 4) is 5.75 Å². The maximum absolute atomic E-state index is 14.1. The van der Waals surface area contributed by atoms with E-state index in [1.165, 1.54) is 22.1 Å². The minimum absolute atomic E-state index is 0.0104. The van der Waals surface area contributed by atoms with E-state index >= 15 is 0 Å². The maximum atomic E-state index is 14.1. The molecule has 2 fully saturated rings. The molecule has 282 valence electrons. The average Bonchev–Trinajstić information content (AvgIpc) is 3.24.